The van der Waals surface area contributed by atoms with E-state index in [1.165, 1.54) is 0 Å². The molecule has 5 heteroatoms. The van der Waals surface area contributed by atoms with Crippen molar-refractivity contribution in [3.8, 4) is 0 Å². The van der Waals surface area contributed by atoms with Crippen molar-refractivity contribution in [3.63, 3.8) is 0 Å². The number of carbonyl (C=O) groups excluding carboxylic acids is 1. The molecule has 1 rings (SSSR count). The Labute approximate surface area is 112 Å². The van der Waals surface area contributed by atoms with Crippen LogP contribution in [0.1, 0.15) is 32.3 Å². The molecule has 1 N–H and O–H groups in total. The summed E-state index contributed by atoms with van der Waals surface area (Å²) < 4.78 is 4.95. The van der Waals surface area contributed by atoms with E-state index in [-0.39, 0.29) is 19.4 Å². The van der Waals surface area contributed by atoms with Gasteiger partial charge in [0, 0.05) is 18.8 Å². The van der Waals surface area contributed by atoms with E-state index in [2.05, 4.69) is 4.98 Å². The molecule has 1 heterocycles. The number of aromatic nitrogens is 1. The van der Waals surface area contributed by atoms with Crippen LogP contribution in [-0.2, 0) is 20.7 Å². The van der Waals surface area contributed by atoms with Crippen LogP contribution in [0.25, 0.3) is 0 Å². The molecule has 0 saturated heterocycles. The number of hydrogen-bond acceptors (Lipinski definition) is 4. The minimum absolute atomic E-state index is 0.100. The molecule has 1 unspecified atom stereocenters. The molecule has 0 spiro atoms. The predicted molar refractivity (Wildman–Crippen MR) is 69.6 cm³/mol. The fourth-order valence-corrected chi connectivity index (χ4v) is 2.08. The number of pyridine rings is 1. The second-order valence-corrected chi connectivity index (χ2v) is 4.40. The third-order valence-electron chi connectivity index (χ3n) is 2.98. The maximum atomic E-state index is 12.1. The molecule has 19 heavy (non-hydrogen) atoms. The van der Waals surface area contributed by atoms with Crippen molar-refractivity contribution in [3.05, 3.63) is 30.1 Å². The van der Waals surface area contributed by atoms with Gasteiger partial charge in [0.1, 0.15) is 0 Å². The van der Waals surface area contributed by atoms with E-state index in [4.69, 9.17) is 4.74 Å². The molecule has 0 bridgehead atoms. The predicted octanol–water partition coefficient (Wildman–Crippen LogP) is 2.06. The zero-order valence-corrected chi connectivity index (χ0v) is 11.3. The second-order valence-electron chi connectivity index (χ2n) is 4.40. The standard InChI is InChI=1S/C14H19NO4/c1-3-7-14(12(16)17,13(18)19-4-2)9-11-6-5-8-15-10-11/h5-6,8,10H,3-4,7,9H2,1-2H3,(H,16,17). The highest BCUT2D eigenvalue weighted by molar-refractivity contribution is 5.99. The van der Waals surface area contributed by atoms with Crippen LogP contribution in [-0.4, -0.2) is 28.6 Å². The van der Waals surface area contributed by atoms with Gasteiger partial charge in [0.2, 0.25) is 0 Å². The SMILES string of the molecule is CCCC(Cc1cccnc1)(C(=O)O)C(=O)OCC. The molecule has 1 aromatic heterocycles. The Bertz CT molecular complexity index is 432. The van der Waals surface area contributed by atoms with E-state index >= 15 is 0 Å². The molecular weight excluding hydrogens is 246 g/mol. The van der Waals surface area contributed by atoms with Gasteiger partial charge in [-0.15, -0.1) is 0 Å². The first-order valence-corrected chi connectivity index (χ1v) is 6.36. The smallest absolute Gasteiger partial charge is 0.323 e. The zero-order chi connectivity index (χ0) is 14.3. The molecule has 0 amide bonds. The van der Waals surface area contributed by atoms with Crippen molar-refractivity contribution >= 4 is 11.9 Å². The van der Waals surface area contributed by atoms with Crippen LogP contribution in [0.4, 0.5) is 0 Å². The van der Waals surface area contributed by atoms with Gasteiger partial charge in [0.15, 0.2) is 5.41 Å². The summed E-state index contributed by atoms with van der Waals surface area (Å²) in [5.74, 6) is -1.81. The normalized spacial score (nSPS) is 13.6. The van der Waals surface area contributed by atoms with E-state index in [1.807, 2.05) is 6.92 Å². The van der Waals surface area contributed by atoms with Crippen molar-refractivity contribution in [1.82, 2.24) is 4.98 Å². The quantitative estimate of drug-likeness (QED) is 0.603. The zero-order valence-electron chi connectivity index (χ0n) is 11.3. The van der Waals surface area contributed by atoms with Gasteiger partial charge in [0.05, 0.1) is 6.61 Å². The molecule has 0 fully saturated rings. The largest absolute Gasteiger partial charge is 0.480 e. The van der Waals surface area contributed by atoms with Crippen molar-refractivity contribution in [2.75, 3.05) is 6.61 Å². The highest BCUT2D eigenvalue weighted by Crippen LogP contribution is 2.31. The van der Waals surface area contributed by atoms with Crippen LogP contribution in [0.3, 0.4) is 0 Å². The van der Waals surface area contributed by atoms with Crippen LogP contribution in [0.2, 0.25) is 0 Å². The van der Waals surface area contributed by atoms with Gasteiger partial charge in [-0.2, -0.15) is 0 Å². The number of aliphatic carboxylic acids is 1. The molecule has 0 aliphatic heterocycles. The average molecular weight is 265 g/mol. The van der Waals surface area contributed by atoms with Gasteiger partial charge in [-0.1, -0.05) is 19.4 Å². The molecule has 104 valence electrons. The molecule has 1 aromatic rings. The number of carboxylic acid groups (broad SMARTS) is 1. The first-order chi connectivity index (χ1) is 9.06. The second kappa shape index (κ2) is 6.87. The van der Waals surface area contributed by atoms with Crippen LogP contribution in [0.15, 0.2) is 24.5 Å². The van der Waals surface area contributed by atoms with Crippen LogP contribution in [0, 0.1) is 5.41 Å². The topological polar surface area (TPSA) is 76.5 Å². The molecule has 0 aliphatic carbocycles. The average Bonchev–Trinajstić information content (AvgIpc) is 2.39. The van der Waals surface area contributed by atoms with Crippen molar-refractivity contribution < 1.29 is 19.4 Å². The van der Waals surface area contributed by atoms with Crippen LogP contribution >= 0.6 is 0 Å². The summed E-state index contributed by atoms with van der Waals surface area (Å²) in [4.78, 5) is 27.6. The maximum absolute atomic E-state index is 12.1. The van der Waals surface area contributed by atoms with Gasteiger partial charge in [-0.3, -0.25) is 14.6 Å². The fraction of sp³-hybridized carbons (Fsp3) is 0.500. The lowest BCUT2D eigenvalue weighted by Gasteiger charge is -2.26. The Morgan fingerprint density at radius 2 is 2.16 bits per heavy atom. The molecule has 1 atom stereocenters. The molecular formula is C14H19NO4. The van der Waals surface area contributed by atoms with E-state index < -0.39 is 17.4 Å². The fourth-order valence-electron chi connectivity index (χ4n) is 2.08. The summed E-state index contributed by atoms with van der Waals surface area (Å²) >= 11 is 0. The highest BCUT2D eigenvalue weighted by Gasteiger charge is 2.46. The number of carboxylic acids is 1. The molecule has 0 saturated carbocycles. The summed E-state index contributed by atoms with van der Waals surface area (Å²) in [7, 11) is 0. The van der Waals surface area contributed by atoms with Gasteiger partial charge in [-0.25, -0.2) is 0 Å². The molecule has 0 radical (unpaired) electrons. The molecule has 5 nitrogen and oxygen atoms in total. The third-order valence-corrected chi connectivity index (χ3v) is 2.98. The summed E-state index contributed by atoms with van der Waals surface area (Å²) in [5.41, 5.74) is -0.806. The Balaban J connectivity index is 3.09. The summed E-state index contributed by atoms with van der Waals surface area (Å²) in [5, 5.41) is 9.49. The van der Waals surface area contributed by atoms with E-state index in [0.717, 1.165) is 0 Å². The number of esters is 1. The Morgan fingerprint density at radius 3 is 2.63 bits per heavy atom. The monoisotopic (exact) mass is 265 g/mol. The minimum Gasteiger partial charge on any atom is -0.480 e. The lowest BCUT2D eigenvalue weighted by molar-refractivity contribution is -0.169. The van der Waals surface area contributed by atoms with Gasteiger partial charge >= 0.3 is 11.9 Å². The lowest BCUT2D eigenvalue weighted by atomic mass is 9.78. The number of nitrogens with zero attached hydrogens (tertiary/aromatic N) is 1. The highest BCUT2D eigenvalue weighted by atomic mass is 16.5. The number of rotatable bonds is 7. The van der Waals surface area contributed by atoms with Crippen LogP contribution in [0.5, 0.6) is 0 Å². The van der Waals surface area contributed by atoms with Crippen molar-refractivity contribution in [2.24, 2.45) is 5.41 Å². The van der Waals surface area contributed by atoms with Gasteiger partial charge in [0.25, 0.3) is 0 Å². The molecule has 0 aromatic carbocycles. The van der Waals surface area contributed by atoms with E-state index in [1.54, 1.807) is 31.5 Å². The lowest BCUT2D eigenvalue weighted by Crippen LogP contribution is -2.42. The van der Waals surface area contributed by atoms with Crippen molar-refractivity contribution in [1.29, 1.82) is 0 Å². The summed E-state index contributed by atoms with van der Waals surface area (Å²) in [6.07, 6.45) is 4.12. The first kappa shape index (κ1) is 15.1. The molecule has 0 aliphatic rings. The first-order valence-electron chi connectivity index (χ1n) is 6.36. The van der Waals surface area contributed by atoms with Crippen molar-refractivity contribution in [2.45, 2.75) is 33.1 Å². The van der Waals surface area contributed by atoms with Gasteiger partial charge < -0.3 is 9.84 Å². The Hall–Kier alpha value is -1.91. The van der Waals surface area contributed by atoms with Crippen LogP contribution < -0.4 is 0 Å². The number of carbonyl (C=O) groups is 2. The van der Waals surface area contributed by atoms with E-state index in [9.17, 15) is 14.7 Å². The third kappa shape index (κ3) is 3.53. The Morgan fingerprint density at radius 1 is 1.42 bits per heavy atom. The minimum atomic E-state index is -1.52. The summed E-state index contributed by atoms with van der Waals surface area (Å²) in [6, 6.07) is 3.48. The maximum Gasteiger partial charge on any atom is 0.323 e. The number of ether oxygens (including phenoxy) is 1. The Kier molecular flexibility index (Phi) is 5.48. The van der Waals surface area contributed by atoms with E-state index in [0.29, 0.717) is 12.0 Å². The number of hydrogen-bond donors (Lipinski definition) is 1. The van der Waals surface area contributed by atoms with Gasteiger partial charge in [-0.05, 0) is 25.0 Å². The summed E-state index contributed by atoms with van der Waals surface area (Å²) in [6.45, 7) is 3.69.